The van der Waals surface area contributed by atoms with Crippen LogP contribution < -0.4 is 0 Å². The number of benzene rings is 1. The number of hydrogen-bond acceptors (Lipinski definition) is 2. The fraction of sp³-hybridized carbons (Fsp3) is 0.308. The predicted octanol–water partition coefficient (Wildman–Crippen LogP) is 2.59. The van der Waals surface area contributed by atoms with E-state index < -0.39 is 0 Å². The molecule has 0 fully saturated rings. The lowest BCUT2D eigenvalue weighted by Crippen LogP contribution is -2.08. The van der Waals surface area contributed by atoms with Crippen molar-refractivity contribution in [2.24, 2.45) is 0 Å². The van der Waals surface area contributed by atoms with Gasteiger partial charge in [-0.2, -0.15) is 0 Å². The lowest BCUT2D eigenvalue weighted by atomic mass is 10.2. The largest absolute Gasteiger partial charge is 0.466 e. The summed E-state index contributed by atoms with van der Waals surface area (Å²) in [6, 6.07) is 10.2. The van der Waals surface area contributed by atoms with Crippen LogP contribution in [0, 0.1) is 0 Å². The molecule has 16 heavy (non-hydrogen) atoms. The van der Waals surface area contributed by atoms with Crippen LogP contribution in [-0.4, -0.2) is 17.1 Å². The van der Waals surface area contributed by atoms with E-state index in [4.69, 9.17) is 4.74 Å². The normalized spacial score (nSPS) is 10.6. The van der Waals surface area contributed by atoms with E-state index in [1.165, 1.54) is 5.39 Å². The second-order valence-corrected chi connectivity index (χ2v) is 3.62. The number of esters is 1. The number of hydrogen-bond donors (Lipinski definition) is 0. The number of ether oxygens (including phenoxy) is 1. The molecule has 0 bridgehead atoms. The van der Waals surface area contributed by atoms with Crippen molar-refractivity contribution < 1.29 is 9.53 Å². The molecule has 1 heterocycles. The van der Waals surface area contributed by atoms with E-state index in [1.54, 1.807) is 0 Å². The maximum atomic E-state index is 11.2. The molecule has 0 amide bonds. The zero-order valence-electron chi connectivity index (χ0n) is 9.35. The van der Waals surface area contributed by atoms with Crippen LogP contribution in [0.2, 0.25) is 0 Å². The van der Waals surface area contributed by atoms with E-state index in [1.807, 2.05) is 25.3 Å². The lowest BCUT2D eigenvalue weighted by Gasteiger charge is -2.05. The van der Waals surface area contributed by atoms with Gasteiger partial charge in [-0.25, -0.2) is 0 Å². The highest BCUT2D eigenvalue weighted by molar-refractivity contribution is 5.80. The molecule has 0 aliphatic carbocycles. The Labute approximate surface area is 94.6 Å². The Kier molecular flexibility index (Phi) is 3.25. The number of aromatic nitrogens is 1. The molecule has 0 aliphatic heterocycles. The molecular weight excluding hydrogens is 202 g/mol. The van der Waals surface area contributed by atoms with Crippen molar-refractivity contribution in [2.45, 2.75) is 19.9 Å². The summed E-state index contributed by atoms with van der Waals surface area (Å²) in [6.45, 7) is 2.95. The number of para-hydroxylation sites is 1. The van der Waals surface area contributed by atoms with Gasteiger partial charge in [0.25, 0.3) is 0 Å². The SMILES string of the molecule is CCOC(=O)CCn1ccc2ccccc21. The zero-order valence-corrected chi connectivity index (χ0v) is 9.35. The molecule has 3 nitrogen and oxygen atoms in total. The quantitative estimate of drug-likeness (QED) is 0.737. The number of carbonyl (C=O) groups is 1. The number of fused-ring (bicyclic) bond motifs is 1. The summed E-state index contributed by atoms with van der Waals surface area (Å²) in [5.41, 5.74) is 1.16. The molecule has 2 aromatic rings. The number of carbonyl (C=O) groups excluding carboxylic acids is 1. The average molecular weight is 217 g/mol. The molecule has 0 radical (unpaired) electrons. The third-order valence-electron chi connectivity index (χ3n) is 2.54. The van der Waals surface area contributed by atoms with Crippen LogP contribution in [0.3, 0.4) is 0 Å². The minimum Gasteiger partial charge on any atom is -0.466 e. The summed E-state index contributed by atoms with van der Waals surface area (Å²) < 4.78 is 6.98. The van der Waals surface area contributed by atoms with E-state index >= 15 is 0 Å². The third kappa shape index (κ3) is 2.24. The second kappa shape index (κ2) is 4.84. The predicted molar refractivity (Wildman–Crippen MR) is 63.2 cm³/mol. The topological polar surface area (TPSA) is 31.2 Å². The maximum absolute atomic E-state index is 11.2. The number of aryl methyl sites for hydroxylation is 1. The Bertz CT molecular complexity index is 487. The van der Waals surface area contributed by atoms with E-state index in [0.717, 1.165) is 5.52 Å². The van der Waals surface area contributed by atoms with Gasteiger partial charge in [0.2, 0.25) is 0 Å². The number of nitrogens with zero attached hydrogens (tertiary/aromatic N) is 1. The van der Waals surface area contributed by atoms with Crippen molar-refractivity contribution in [1.29, 1.82) is 0 Å². The first kappa shape index (κ1) is 10.7. The standard InChI is InChI=1S/C13H15NO2/c1-2-16-13(15)8-10-14-9-7-11-5-3-4-6-12(11)14/h3-7,9H,2,8,10H2,1H3. The molecule has 1 aromatic heterocycles. The van der Waals surface area contributed by atoms with Crippen LogP contribution >= 0.6 is 0 Å². The second-order valence-electron chi connectivity index (χ2n) is 3.62. The van der Waals surface area contributed by atoms with Crippen LogP contribution in [0.25, 0.3) is 10.9 Å². The highest BCUT2D eigenvalue weighted by Gasteiger charge is 2.04. The first-order valence-corrected chi connectivity index (χ1v) is 5.50. The van der Waals surface area contributed by atoms with Crippen molar-refractivity contribution in [3.63, 3.8) is 0 Å². The van der Waals surface area contributed by atoms with Crippen LogP contribution in [0.15, 0.2) is 36.5 Å². The van der Waals surface area contributed by atoms with Gasteiger partial charge in [-0.3, -0.25) is 4.79 Å². The molecular formula is C13H15NO2. The monoisotopic (exact) mass is 217 g/mol. The van der Waals surface area contributed by atoms with Gasteiger partial charge in [0.1, 0.15) is 0 Å². The maximum Gasteiger partial charge on any atom is 0.307 e. The first-order valence-electron chi connectivity index (χ1n) is 5.50. The minimum absolute atomic E-state index is 0.139. The fourth-order valence-electron chi connectivity index (χ4n) is 1.78. The van der Waals surface area contributed by atoms with E-state index in [2.05, 4.69) is 22.8 Å². The van der Waals surface area contributed by atoms with Crippen molar-refractivity contribution in [3.8, 4) is 0 Å². The van der Waals surface area contributed by atoms with Crippen molar-refractivity contribution in [2.75, 3.05) is 6.61 Å². The summed E-state index contributed by atoms with van der Waals surface area (Å²) in [7, 11) is 0. The summed E-state index contributed by atoms with van der Waals surface area (Å²) in [5, 5.41) is 1.20. The summed E-state index contributed by atoms with van der Waals surface area (Å²) >= 11 is 0. The zero-order chi connectivity index (χ0) is 11.4. The van der Waals surface area contributed by atoms with E-state index in [-0.39, 0.29) is 5.97 Å². The first-order chi connectivity index (χ1) is 7.81. The van der Waals surface area contributed by atoms with Crippen LogP contribution in [0.4, 0.5) is 0 Å². The Morgan fingerprint density at radius 1 is 1.31 bits per heavy atom. The Morgan fingerprint density at radius 3 is 2.94 bits per heavy atom. The average Bonchev–Trinajstić information content (AvgIpc) is 2.70. The Morgan fingerprint density at radius 2 is 2.12 bits per heavy atom. The van der Waals surface area contributed by atoms with Gasteiger partial charge in [-0.15, -0.1) is 0 Å². The summed E-state index contributed by atoms with van der Waals surface area (Å²) in [4.78, 5) is 11.2. The molecule has 0 N–H and O–H groups in total. The van der Waals surface area contributed by atoms with Crippen LogP contribution in [0.5, 0.6) is 0 Å². The van der Waals surface area contributed by atoms with Gasteiger partial charge < -0.3 is 9.30 Å². The molecule has 0 saturated carbocycles. The fourth-order valence-corrected chi connectivity index (χ4v) is 1.78. The minimum atomic E-state index is -0.139. The van der Waals surface area contributed by atoms with Gasteiger partial charge in [-0.05, 0) is 24.4 Å². The van der Waals surface area contributed by atoms with E-state index in [0.29, 0.717) is 19.6 Å². The molecule has 0 atom stereocenters. The molecule has 0 unspecified atom stereocenters. The molecule has 0 aliphatic rings. The highest BCUT2D eigenvalue weighted by Crippen LogP contribution is 2.15. The Hall–Kier alpha value is -1.77. The van der Waals surface area contributed by atoms with Gasteiger partial charge in [-0.1, -0.05) is 18.2 Å². The van der Waals surface area contributed by atoms with Gasteiger partial charge in [0.15, 0.2) is 0 Å². The van der Waals surface area contributed by atoms with Gasteiger partial charge >= 0.3 is 5.97 Å². The number of rotatable bonds is 4. The van der Waals surface area contributed by atoms with Crippen LogP contribution in [-0.2, 0) is 16.1 Å². The highest BCUT2D eigenvalue weighted by atomic mass is 16.5. The van der Waals surface area contributed by atoms with Gasteiger partial charge in [0.05, 0.1) is 13.0 Å². The molecule has 0 spiro atoms. The van der Waals surface area contributed by atoms with Crippen molar-refractivity contribution in [3.05, 3.63) is 36.5 Å². The Balaban J connectivity index is 2.07. The smallest absolute Gasteiger partial charge is 0.307 e. The molecule has 84 valence electrons. The van der Waals surface area contributed by atoms with E-state index in [9.17, 15) is 4.79 Å². The van der Waals surface area contributed by atoms with Crippen LogP contribution in [0.1, 0.15) is 13.3 Å². The van der Waals surface area contributed by atoms with Crippen molar-refractivity contribution in [1.82, 2.24) is 4.57 Å². The third-order valence-corrected chi connectivity index (χ3v) is 2.54. The molecule has 2 rings (SSSR count). The molecule has 0 saturated heterocycles. The summed E-state index contributed by atoms with van der Waals surface area (Å²) in [5.74, 6) is -0.139. The summed E-state index contributed by atoms with van der Waals surface area (Å²) in [6.07, 6.45) is 2.43. The molecule has 3 heteroatoms. The van der Waals surface area contributed by atoms with Crippen molar-refractivity contribution >= 4 is 16.9 Å². The van der Waals surface area contributed by atoms with Gasteiger partial charge in [0, 0.05) is 18.3 Å². The molecule has 1 aromatic carbocycles. The lowest BCUT2D eigenvalue weighted by molar-refractivity contribution is -0.143.